The second-order valence-corrected chi connectivity index (χ2v) is 4.43. The number of halogens is 1. The largest absolute Gasteiger partial charge is 0.385 e. The summed E-state index contributed by atoms with van der Waals surface area (Å²) < 4.78 is 13.2. The Balaban J connectivity index is 2.48. The number of nitriles is 1. The topological polar surface area (TPSA) is 35.8 Å². The van der Waals surface area contributed by atoms with Crippen LogP contribution in [0.1, 0.15) is 25.8 Å². The minimum atomic E-state index is -1.14. The molecule has 0 aliphatic heterocycles. The van der Waals surface area contributed by atoms with Crippen LogP contribution in [0.3, 0.4) is 0 Å². The lowest BCUT2D eigenvalue weighted by Gasteiger charge is -2.14. The predicted molar refractivity (Wildman–Crippen MR) is 64.1 cm³/mol. The molecule has 0 atom stereocenters. The van der Waals surface area contributed by atoms with Crippen LogP contribution in [0, 0.1) is 11.3 Å². The molecule has 1 rings (SSSR count). The van der Waals surface area contributed by atoms with E-state index in [1.54, 1.807) is 13.8 Å². The van der Waals surface area contributed by atoms with Crippen LogP contribution in [-0.2, 0) is 6.42 Å². The highest BCUT2D eigenvalue weighted by atomic mass is 19.1. The molecule has 0 aromatic heterocycles. The smallest absolute Gasteiger partial charge is 0.107 e. The number of anilines is 1. The molecule has 0 fully saturated rings. The summed E-state index contributed by atoms with van der Waals surface area (Å²) in [7, 11) is 0. The predicted octanol–water partition coefficient (Wildman–Crippen LogP) is 3.30. The molecule has 0 radical (unpaired) electrons. The normalized spacial score (nSPS) is 10.9. The van der Waals surface area contributed by atoms with Gasteiger partial charge in [-0.05, 0) is 38.0 Å². The number of hydrogen-bond donors (Lipinski definition) is 1. The van der Waals surface area contributed by atoms with Crippen LogP contribution in [0.5, 0.6) is 0 Å². The molecule has 1 N–H and O–H groups in total. The van der Waals surface area contributed by atoms with Gasteiger partial charge in [-0.15, -0.1) is 0 Å². The van der Waals surface area contributed by atoms with Crippen molar-refractivity contribution in [3.05, 3.63) is 29.8 Å². The van der Waals surface area contributed by atoms with Gasteiger partial charge in [0.2, 0.25) is 0 Å². The van der Waals surface area contributed by atoms with Crippen molar-refractivity contribution in [2.75, 3.05) is 11.9 Å². The van der Waals surface area contributed by atoms with Crippen LogP contribution in [0.25, 0.3) is 0 Å². The van der Waals surface area contributed by atoms with Gasteiger partial charge in [0.05, 0.1) is 12.5 Å². The SMILES string of the molecule is CC(C)(F)CCNc1cccc(CC#N)c1. The van der Waals surface area contributed by atoms with E-state index < -0.39 is 5.67 Å². The van der Waals surface area contributed by atoms with Gasteiger partial charge >= 0.3 is 0 Å². The summed E-state index contributed by atoms with van der Waals surface area (Å²) in [5.74, 6) is 0. The number of nitrogens with zero attached hydrogens (tertiary/aromatic N) is 1. The van der Waals surface area contributed by atoms with Crippen molar-refractivity contribution in [2.45, 2.75) is 32.4 Å². The minimum Gasteiger partial charge on any atom is -0.385 e. The summed E-state index contributed by atoms with van der Waals surface area (Å²) in [5.41, 5.74) is 0.779. The van der Waals surface area contributed by atoms with E-state index in [0.717, 1.165) is 11.3 Å². The molecule has 16 heavy (non-hydrogen) atoms. The van der Waals surface area contributed by atoms with Crippen molar-refractivity contribution in [1.82, 2.24) is 0 Å². The third kappa shape index (κ3) is 4.79. The molecule has 0 heterocycles. The molecule has 1 aromatic rings. The molecule has 0 amide bonds. The average Bonchev–Trinajstić information content (AvgIpc) is 2.17. The van der Waals surface area contributed by atoms with E-state index in [2.05, 4.69) is 11.4 Å². The van der Waals surface area contributed by atoms with Gasteiger partial charge in [0.15, 0.2) is 0 Å². The first kappa shape index (κ1) is 12.5. The van der Waals surface area contributed by atoms with Gasteiger partial charge in [-0.1, -0.05) is 12.1 Å². The lowest BCUT2D eigenvalue weighted by molar-refractivity contribution is 0.207. The molecule has 0 unspecified atom stereocenters. The van der Waals surface area contributed by atoms with E-state index >= 15 is 0 Å². The summed E-state index contributed by atoms with van der Waals surface area (Å²) in [6, 6.07) is 9.76. The lowest BCUT2D eigenvalue weighted by atomic mass is 10.1. The Hall–Kier alpha value is -1.56. The van der Waals surface area contributed by atoms with Crippen molar-refractivity contribution in [3.63, 3.8) is 0 Å². The molecule has 0 bridgehead atoms. The lowest BCUT2D eigenvalue weighted by Crippen LogP contribution is -2.17. The molecular weight excluding hydrogens is 203 g/mol. The number of alkyl halides is 1. The molecule has 0 aliphatic rings. The number of nitrogens with one attached hydrogen (secondary N) is 1. The van der Waals surface area contributed by atoms with Crippen LogP contribution in [0.15, 0.2) is 24.3 Å². The number of benzene rings is 1. The van der Waals surface area contributed by atoms with Crippen LogP contribution >= 0.6 is 0 Å². The summed E-state index contributed by atoms with van der Waals surface area (Å²) in [6.45, 7) is 3.74. The molecule has 0 spiro atoms. The maximum atomic E-state index is 13.2. The minimum absolute atomic E-state index is 0.407. The zero-order valence-corrected chi connectivity index (χ0v) is 9.76. The van der Waals surface area contributed by atoms with E-state index in [1.807, 2.05) is 24.3 Å². The molecule has 0 saturated carbocycles. The Morgan fingerprint density at radius 2 is 2.19 bits per heavy atom. The highest BCUT2D eigenvalue weighted by Gasteiger charge is 2.14. The first-order chi connectivity index (χ1) is 7.51. The summed E-state index contributed by atoms with van der Waals surface area (Å²) in [4.78, 5) is 0. The number of rotatable bonds is 5. The number of hydrogen-bond acceptors (Lipinski definition) is 2. The average molecular weight is 220 g/mol. The standard InChI is InChI=1S/C13H17FN2/c1-13(2,14)7-9-16-12-5-3-4-11(10-12)6-8-15/h3-5,10,16H,6-7,9H2,1-2H3. The second kappa shape index (κ2) is 5.50. The van der Waals surface area contributed by atoms with Gasteiger partial charge in [0.25, 0.3) is 0 Å². The monoisotopic (exact) mass is 220 g/mol. The highest BCUT2D eigenvalue weighted by molar-refractivity contribution is 5.46. The Morgan fingerprint density at radius 3 is 2.81 bits per heavy atom. The summed E-state index contributed by atoms with van der Waals surface area (Å²) >= 11 is 0. The Kier molecular flexibility index (Phi) is 4.30. The van der Waals surface area contributed by atoms with Gasteiger partial charge in [0.1, 0.15) is 5.67 Å². The molecule has 2 nitrogen and oxygen atoms in total. The Bertz CT molecular complexity index is 374. The van der Waals surface area contributed by atoms with Crippen molar-refractivity contribution in [1.29, 1.82) is 5.26 Å². The van der Waals surface area contributed by atoms with E-state index in [4.69, 9.17) is 5.26 Å². The summed E-state index contributed by atoms with van der Waals surface area (Å²) in [6.07, 6.45) is 0.875. The van der Waals surface area contributed by atoms with E-state index in [9.17, 15) is 4.39 Å². The second-order valence-electron chi connectivity index (χ2n) is 4.43. The zero-order valence-electron chi connectivity index (χ0n) is 9.76. The maximum Gasteiger partial charge on any atom is 0.107 e. The van der Waals surface area contributed by atoms with Gasteiger partial charge in [-0.25, -0.2) is 4.39 Å². The summed E-state index contributed by atoms with van der Waals surface area (Å²) in [5, 5.41) is 11.7. The Labute approximate surface area is 96.1 Å². The highest BCUT2D eigenvalue weighted by Crippen LogP contribution is 2.15. The third-order valence-electron chi connectivity index (χ3n) is 2.26. The van der Waals surface area contributed by atoms with Crippen molar-refractivity contribution in [3.8, 4) is 6.07 Å². The maximum absolute atomic E-state index is 13.2. The molecule has 1 aromatic carbocycles. The fourth-order valence-electron chi connectivity index (χ4n) is 1.39. The van der Waals surface area contributed by atoms with Gasteiger partial charge in [0, 0.05) is 12.2 Å². The quantitative estimate of drug-likeness (QED) is 0.826. The Morgan fingerprint density at radius 1 is 1.44 bits per heavy atom. The first-order valence-electron chi connectivity index (χ1n) is 5.40. The fraction of sp³-hybridized carbons (Fsp3) is 0.462. The van der Waals surface area contributed by atoms with Crippen molar-refractivity contribution in [2.24, 2.45) is 0 Å². The van der Waals surface area contributed by atoms with Crippen molar-refractivity contribution >= 4 is 5.69 Å². The van der Waals surface area contributed by atoms with Gasteiger partial charge in [-0.3, -0.25) is 0 Å². The van der Waals surface area contributed by atoms with E-state index in [1.165, 1.54) is 0 Å². The third-order valence-corrected chi connectivity index (χ3v) is 2.26. The molecule has 86 valence electrons. The molecular formula is C13H17FN2. The fourth-order valence-corrected chi connectivity index (χ4v) is 1.39. The van der Waals surface area contributed by atoms with Gasteiger partial charge in [-0.2, -0.15) is 5.26 Å². The van der Waals surface area contributed by atoms with Gasteiger partial charge < -0.3 is 5.32 Å². The molecule has 0 aliphatic carbocycles. The van der Waals surface area contributed by atoms with Crippen molar-refractivity contribution < 1.29 is 4.39 Å². The zero-order chi connectivity index (χ0) is 12.0. The molecule has 0 saturated heterocycles. The molecule has 3 heteroatoms. The van der Waals surface area contributed by atoms with Crippen LogP contribution in [0.2, 0.25) is 0 Å². The van der Waals surface area contributed by atoms with Crippen LogP contribution in [0.4, 0.5) is 10.1 Å². The van der Waals surface area contributed by atoms with Crippen LogP contribution < -0.4 is 5.32 Å². The van der Waals surface area contributed by atoms with Crippen LogP contribution in [-0.4, -0.2) is 12.2 Å². The van der Waals surface area contributed by atoms with E-state index in [0.29, 0.717) is 19.4 Å². The van der Waals surface area contributed by atoms with E-state index in [-0.39, 0.29) is 0 Å². The first-order valence-corrected chi connectivity index (χ1v) is 5.40.